The first-order chi connectivity index (χ1) is 14.1. The Morgan fingerprint density at radius 3 is 1.93 bits per heavy atom. The number of aliphatic hydroxyl groups excluding tert-OH is 1. The molecule has 0 aromatic carbocycles. The second kappa shape index (κ2) is 11.9. The zero-order valence-corrected chi connectivity index (χ0v) is 17.7. The Hall–Kier alpha value is -0.320. The van der Waals surface area contributed by atoms with Gasteiger partial charge < -0.3 is 38.6 Å². The van der Waals surface area contributed by atoms with Crippen LogP contribution in [-0.2, 0) is 28.4 Å². The summed E-state index contributed by atoms with van der Waals surface area (Å²) in [7, 11) is 3.25. The molecule has 170 valence electrons. The third kappa shape index (κ3) is 6.58. The van der Waals surface area contributed by atoms with Gasteiger partial charge in [0.2, 0.25) is 0 Å². The average molecular weight is 419 g/mol. The van der Waals surface area contributed by atoms with Crippen LogP contribution in [0.3, 0.4) is 0 Å². The molecule has 29 heavy (non-hydrogen) atoms. The van der Waals surface area contributed by atoms with Gasteiger partial charge in [0.1, 0.15) is 0 Å². The van der Waals surface area contributed by atoms with E-state index in [9.17, 15) is 10.2 Å². The first-order valence-electron chi connectivity index (χ1n) is 11.1. The van der Waals surface area contributed by atoms with Crippen molar-refractivity contribution in [2.24, 2.45) is 11.8 Å². The van der Waals surface area contributed by atoms with Gasteiger partial charge in [-0.2, -0.15) is 0 Å². The third-order valence-electron chi connectivity index (χ3n) is 6.33. The molecular formula is C21H38O8. The van der Waals surface area contributed by atoms with Crippen LogP contribution in [0.4, 0.5) is 0 Å². The maximum atomic E-state index is 9.46. The lowest BCUT2D eigenvalue weighted by Crippen LogP contribution is -2.40. The van der Waals surface area contributed by atoms with E-state index < -0.39 is 12.6 Å². The van der Waals surface area contributed by atoms with Crippen LogP contribution in [0.1, 0.15) is 57.8 Å². The van der Waals surface area contributed by atoms with E-state index in [4.69, 9.17) is 28.4 Å². The summed E-state index contributed by atoms with van der Waals surface area (Å²) < 4.78 is 35.6. The Morgan fingerprint density at radius 1 is 0.862 bits per heavy atom. The Balaban J connectivity index is 1.74. The summed E-state index contributed by atoms with van der Waals surface area (Å²) in [5, 5.41) is 18.9. The largest absolute Gasteiger partial charge is 0.368 e. The predicted octanol–water partition coefficient (Wildman–Crippen LogP) is 2.16. The first-order valence-corrected chi connectivity index (χ1v) is 11.1. The predicted molar refractivity (Wildman–Crippen MR) is 104 cm³/mol. The highest BCUT2D eigenvalue weighted by Gasteiger charge is 2.50. The molecule has 3 aliphatic rings. The van der Waals surface area contributed by atoms with E-state index >= 15 is 0 Å². The summed E-state index contributed by atoms with van der Waals surface area (Å²) in [6, 6.07) is 0. The SMILES string of the molecule is COC(OC)C1C(OC2CCCCO2)CC(OC2CCCCO2)C1CCC(O)O. The van der Waals surface area contributed by atoms with Crippen LogP contribution in [-0.4, -0.2) is 75.0 Å². The summed E-state index contributed by atoms with van der Waals surface area (Å²) in [6.07, 6.45) is 5.06. The van der Waals surface area contributed by atoms with Gasteiger partial charge in [-0.3, -0.25) is 0 Å². The fourth-order valence-electron chi connectivity index (χ4n) is 4.92. The van der Waals surface area contributed by atoms with Crippen molar-refractivity contribution in [1.29, 1.82) is 0 Å². The molecule has 0 aromatic heterocycles. The monoisotopic (exact) mass is 418 g/mol. The summed E-state index contributed by atoms with van der Waals surface area (Å²) >= 11 is 0. The number of ether oxygens (including phenoxy) is 6. The molecule has 0 spiro atoms. The number of hydrogen-bond donors (Lipinski definition) is 2. The van der Waals surface area contributed by atoms with Gasteiger partial charge in [0.15, 0.2) is 25.2 Å². The van der Waals surface area contributed by atoms with E-state index in [1.807, 2.05) is 0 Å². The maximum Gasteiger partial charge on any atom is 0.162 e. The van der Waals surface area contributed by atoms with Crippen molar-refractivity contribution in [2.75, 3.05) is 27.4 Å². The molecule has 1 saturated carbocycles. The number of methoxy groups -OCH3 is 2. The van der Waals surface area contributed by atoms with Gasteiger partial charge in [0.05, 0.1) is 12.2 Å². The summed E-state index contributed by atoms with van der Waals surface area (Å²) in [5.74, 6) is -0.0938. The Morgan fingerprint density at radius 2 is 1.45 bits per heavy atom. The Kier molecular flexibility index (Phi) is 9.58. The summed E-state index contributed by atoms with van der Waals surface area (Å²) in [5.41, 5.74) is 0. The maximum absolute atomic E-state index is 9.46. The summed E-state index contributed by atoms with van der Waals surface area (Å²) in [4.78, 5) is 0. The smallest absolute Gasteiger partial charge is 0.162 e. The average Bonchev–Trinajstić information content (AvgIpc) is 3.05. The molecule has 6 unspecified atom stereocenters. The molecule has 2 heterocycles. The second-order valence-electron chi connectivity index (χ2n) is 8.32. The van der Waals surface area contributed by atoms with Gasteiger partial charge in [-0.25, -0.2) is 0 Å². The van der Waals surface area contributed by atoms with Gasteiger partial charge in [0, 0.05) is 39.8 Å². The fourth-order valence-corrected chi connectivity index (χ4v) is 4.92. The lowest BCUT2D eigenvalue weighted by atomic mass is 9.88. The van der Waals surface area contributed by atoms with E-state index in [0.29, 0.717) is 12.8 Å². The molecule has 1 aliphatic carbocycles. The van der Waals surface area contributed by atoms with Gasteiger partial charge in [-0.1, -0.05) is 0 Å². The van der Waals surface area contributed by atoms with Crippen LogP contribution in [0.5, 0.6) is 0 Å². The van der Waals surface area contributed by atoms with Gasteiger partial charge in [0.25, 0.3) is 0 Å². The Bertz CT molecular complexity index is 446. The lowest BCUT2D eigenvalue weighted by Gasteiger charge is -2.34. The molecule has 2 saturated heterocycles. The van der Waals surface area contributed by atoms with E-state index in [2.05, 4.69) is 0 Å². The standard InChI is InChI=1S/C21H38O8/c1-24-21(25-2)20-14(9-10-17(22)23)15(28-18-7-3-5-11-26-18)13-16(20)29-19-8-4-6-12-27-19/h14-23H,3-13H2,1-2H3. The lowest BCUT2D eigenvalue weighted by molar-refractivity contribution is -0.228. The zero-order valence-electron chi connectivity index (χ0n) is 17.7. The molecule has 0 aromatic rings. The number of rotatable bonds is 10. The molecule has 2 aliphatic heterocycles. The van der Waals surface area contributed by atoms with Crippen molar-refractivity contribution in [3.05, 3.63) is 0 Å². The van der Waals surface area contributed by atoms with Crippen molar-refractivity contribution in [1.82, 2.24) is 0 Å². The molecule has 2 N–H and O–H groups in total. The summed E-state index contributed by atoms with van der Waals surface area (Å²) in [6.45, 7) is 1.44. The van der Waals surface area contributed by atoms with Crippen LogP contribution in [0.25, 0.3) is 0 Å². The highest BCUT2D eigenvalue weighted by Crippen LogP contribution is 2.44. The topological polar surface area (TPSA) is 95.8 Å². The normalized spacial score (nSPS) is 36.2. The molecule has 0 amide bonds. The molecule has 6 atom stereocenters. The number of aliphatic hydroxyl groups is 2. The van der Waals surface area contributed by atoms with E-state index in [0.717, 1.165) is 51.7 Å². The molecule has 8 nitrogen and oxygen atoms in total. The van der Waals surface area contributed by atoms with Crippen LogP contribution in [0.15, 0.2) is 0 Å². The minimum absolute atomic E-state index is 0.000757. The third-order valence-corrected chi connectivity index (χ3v) is 6.33. The molecule has 3 fully saturated rings. The molecule has 0 bridgehead atoms. The van der Waals surface area contributed by atoms with Crippen LogP contribution < -0.4 is 0 Å². The van der Waals surface area contributed by atoms with E-state index in [1.54, 1.807) is 14.2 Å². The first kappa shape index (κ1) is 23.3. The Labute approximate surface area is 173 Å². The number of hydrogen-bond acceptors (Lipinski definition) is 8. The molecule has 3 rings (SSSR count). The minimum atomic E-state index is -1.35. The fraction of sp³-hybridized carbons (Fsp3) is 1.00. The molecule has 8 heteroatoms. The van der Waals surface area contributed by atoms with Gasteiger partial charge in [-0.05, 0) is 57.3 Å². The molecule has 0 radical (unpaired) electrons. The van der Waals surface area contributed by atoms with Crippen LogP contribution >= 0.6 is 0 Å². The van der Waals surface area contributed by atoms with Crippen molar-refractivity contribution in [3.8, 4) is 0 Å². The van der Waals surface area contributed by atoms with Crippen molar-refractivity contribution in [2.45, 2.75) is 95.2 Å². The highest BCUT2D eigenvalue weighted by atomic mass is 16.7. The van der Waals surface area contributed by atoms with Crippen LogP contribution in [0.2, 0.25) is 0 Å². The van der Waals surface area contributed by atoms with Crippen molar-refractivity contribution >= 4 is 0 Å². The second-order valence-corrected chi connectivity index (χ2v) is 8.32. The quantitative estimate of drug-likeness (QED) is 0.521. The van der Waals surface area contributed by atoms with Crippen LogP contribution in [0, 0.1) is 11.8 Å². The van der Waals surface area contributed by atoms with Crippen molar-refractivity contribution in [3.63, 3.8) is 0 Å². The highest BCUT2D eigenvalue weighted by molar-refractivity contribution is 4.95. The zero-order chi connectivity index (χ0) is 20.6. The van der Waals surface area contributed by atoms with Gasteiger partial charge >= 0.3 is 0 Å². The molecular weight excluding hydrogens is 380 g/mol. The van der Waals surface area contributed by atoms with Gasteiger partial charge in [-0.15, -0.1) is 0 Å². The minimum Gasteiger partial charge on any atom is -0.368 e. The van der Waals surface area contributed by atoms with E-state index in [1.165, 1.54) is 0 Å². The van der Waals surface area contributed by atoms with Crippen molar-refractivity contribution < 1.29 is 38.6 Å². The van der Waals surface area contributed by atoms with E-state index in [-0.39, 0.29) is 43.0 Å².